The third-order valence-corrected chi connectivity index (χ3v) is 6.44. The summed E-state index contributed by atoms with van der Waals surface area (Å²) in [4.78, 5) is 15.3. The van der Waals surface area contributed by atoms with E-state index in [0.717, 1.165) is 36.8 Å². The van der Waals surface area contributed by atoms with Crippen molar-refractivity contribution in [2.75, 3.05) is 14.2 Å². The molecule has 0 fully saturated rings. The van der Waals surface area contributed by atoms with Crippen LogP contribution in [0.3, 0.4) is 0 Å². The number of nitrogens with zero attached hydrogens (tertiary/aromatic N) is 1. The molecule has 32 heavy (non-hydrogen) atoms. The van der Waals surface area contributed by atoms with Gasteiger partial charge in [0.15, 0.2) is 11.5 Å². The second-order valence-corrected chi connectivity index (χ2v) is 9.38. The van der Waals surface area contributed by atoms with Crippen LogP contribution in [0.5, 0.6) is 11.5 Å². The summed E-state index contributed by atoms with van der Waals surface area (Å²) >= 11 is 0. The molecule has 0 aliphatic rings. The van der Waals surface area contributed by atoms with Crippen LogP contribution in [0.4, 0.5) is 0 Å². The summed E-state index contributed by atoms with van der Waals surface area (Å²) < 4.78 is 33.8. The highest BCUT2D eigenvalue weighted by molar-refractivity contribution is 7.89. The smallest absolute Gasteiger partial charge is 0.238 e. The predicted octanol–water partition coefficient (Wildman–Crippen LogP) is 4.10. The summed E-state index contributed by atoms with van der Waals surface area (Å²) in [5, 5.41) is 5.20. The van der Waals surface area contributed by atoms with E-state index in [1.165, 1.54) is 12.1 Å². The zero-order chi connectivity index (χ0) is 23.7. The SMILES string of the molecule is CCCCC(CC)C(=O)N(Cc1ccc(S(N)(=O)=O)cc1)Cc1ccc(OC)c(OC)c1. The fourth-order valence-electron chi connectivity index (χ4n) is 3.63. The molecule has 2 aromatic rings. The number of benzene rings is 2. The molecule has 0 saturated heterocycles. The Labute approximate surface area is 191 Å². The maximum Gasteiger partial charge on any atom is 0.238 e. The van der Waals surface area contributed by atoms with Crippen LogP contribution in [0.2, 0.25) is 0 Å². The van der Waals surface area contributed by atoms with Crippen molar-refractivity contribution in [3.05, 3.63) is 53.6 Å². The molecule has 0 aromatic heterocycles. The molecule has 0 aliphatic heterocycles. The number of carbonyl (C=O) groups excluding carboxylic acids is 1. The Hall–Kier alpha value is -2.58. The van der Waals surface area contributed by atoms with Crippen molar-refractivity contribution in [3.8, 4) is 11.5 Å². The first kappa shape index (κ1) is 25.7. The number of rotatable bonds is 12. The average molecular weight is 463 g/mol. The first-order chi connectivity index (χ1) is 15.2. The highest BCUT2D eigenvalue weighted by Crippen LogP contribution is 2.29. The van der Waals surface area contributed by atoms with Gasteiger partial charge in [0.25, 0.3) is 0 Å². The second kappa shape index (κ2) is 11.9. The number of sulfonamides is 1. The predicted molar refractivity (Wildman–Crippen MR) is 125 cm³/mol. The molecule has 1 unspecified atom stereocenters. The van der Waals surface area contributed by atoms with Gasteiger partial charge in [-0.25, -0.2) is 13.6 Å². The summed E-state index contributed by atoms with van der Waals surface area (Å²) in [6, 6.07) is 11.9. The Morgan fingerprint density at radius 2 is 1.56 bits per heavy atom. The number of methoxy groups -OCH3 is 2. The summed E-state index contributed by atoms with van der Waals surface area (Å²) in [6.07, 6.45) is 3.65. The van der Waals surface area contributed by atoms with Crippen LogP contribution < -0.4 is 14.6 Å². The molecule has 0 heterocycles. The van der Waals surface area contributed by atoms with Gasteiger partial charge in [0.1, 0.15) is 0 Å². The maximum absolute atomic E-state index is 13.4. The lowest BCUT2D eigenvalue weighted by atomic mass is 9.97. The van der Waals surface area contributed by atoms with Gasteiger partial charge in [-0.3, -0.25) is 4.79 Å². The number of carbonyl (C=O) groups is 1. The van der Waals surface area contributed by atoms with Gasteiger partial charge in [-0.2, -0.15) is 0 Å². The van der Waals surface area contributed by atoms with Gasteiger partial charge < -0.3 is 14.4 Å². The van der Waals surface area contributed by atoms with Crippen LogP contribution in [-0.4, -0.2) is 33.4 Å². The van der Waals surface area contributed by atoms with Crippen molar-refractivity contribution in [2.45, 2.75) is 57.5 Å². The summed E-state index contributed by atoms with van der Waals surface area (Å²) in [6.45, 7) is 4.92. The van der Waals surface area contributed by atoms with Crippen LogP contribution in [0.15, 0.2) is 47.4 Å². The number of ether oxygens (including phenoxy) is 2. The topological polar surface area (TPSA) is 98.9 Å². The number of hydrogen-bond acceptors (Lipinski definition) is 5. The van der Waals surface area contributed by atoms with Crippen molar-refractivity contribution in [1.29, 1.82) is 0 Å². The minimum atomic E-state index is -3.76. The number of amides is 1. The van der Waals surface area contributed by atoms with E-state index in [1.807, 2.05) is 30.0 Å². The average Bonchev–Trinajstić information content (AvgIpc) is 2.78. The quantitative estimate of drug-likeness (QED) is 0.512. The molecule has 1 amide bonds. The molecule has 8 heteroatoms. The third kappa shape index (κ3) is 6.97. The van der Waals surface area contributed by atoms with E-state index >= 15 is 0 Å². The van der Waals surface area contributed by atoms with Gasteiger partial charge in [-0.05, 0) is 48.2 Å². The van der Waals surface area contributed by atoms with Crippen LogP contribution in [0.1, 0.15) is 50.7 Å². The zero-order valence-electron chi connectivity index (χ0n) is 19.3. The number of nitrogens with two attached hydrogens (primary N) is 1. The van der Waals surface area contributed by atoms with E-state index < -0.39 is 10.0 Å². The van der Waals surface area contributed by atoms with Gasteiger partial charge in [0.05, 0.1) is 19.1 Å². The van der Waals surface area contributed by atoms with Crippen molar-refractivity contribution in [3.63, 3.8) is 0 Å². The van der Waals surface area contributed by atoms with Gasteiger partial charge in [0.2, 0.25) is 15.9 Å². The molecule has 7 nitrogen and oxygen atoms in total. The highest BCUT2D eigenvalue weighted by atomic mass is 32.2. The molecule has 0 spiro atoms. The largest absolute Gasteiger partial charge is 0.493 e. The van der Waals surface area contributed by atoms with E-state index in [1.54, 1.807) is 26.4 Å². The molecular formula is C24H34N2O5S. The fourth-order valence-corrected chi connectivity index (χ4v) is 4.14. The molecular weight excluding hydrogens is 428 g/mol. The minimum absolute atomic E-state index is 0.0494. The molecule has 0 aliphatic carbocycles. The molecule has 1 atom stereocenters. The van der Waals surface area contributed by atoms with Crippen LogP contribution >= 0.6 is 0 Å². The molecule has 0 bridgehead atoms. The van der Waals surface area contributed by atoms with E-state index in [-0.39, 0.29) is 16.7 Å². The Balaban J connectivity index is 2.33. The van der Waals surface area contributed by atoms with Gasteiger partial charge in [0, 0.05) is 19.0 Å². The second-order valence-electron chi connectivity index (χ2n) is 7.82. The molecule has 0 radical (unpaired) electrons. The monoisotopic (exact) mass is 462 g/mol. The standard InChI is InChI=1S/C24H34N2O5S/c1-5-7-8-20(6-2)24(27)26(16-18-9-12-21(13-10-18)32(25,28)29)17-19-11-14-22(30-3)23(15-19)31-4/h9-15,20H,5-8,16-17H2,1-4H3,(H2,25,28,29). The fraction of sp³-hybridized carbons (Fsp3) is 0.458. The van der Waals surface area contributed by atoms with Crippen LogP contribution in [0, 0.1) is 5.92 Å². The molecule has 0 saturated carbocycles. The Bertz CT molecular complexity index is 990. The first-order valence-electron chi connectivity index (χ1n) is 10.8. The van der Waals surface area contributed by atoms with Crippen LogP contribution in [0.25, 0.3) is 0 Å². The molecule has 2 rings (SSSR count). The Morgan fingerprint density at radius 1 is 0.969 bits per heavy atom. The number of hydrogen-bond donors (Lipinski definition) is 1. The lowest BCUT2D eigenvalue weighted by molar-refractivity contribution is -0.137. The van der Waals surface area contributed by atoms with E-state index in [2.05, 4.69) is 6.92 Å². The Kier molecular flexibility index (Phi) is 9.53. The highest BCUT2D eigenvalue weighted by Gasteiger charge is 2.23. The maximum atomic E-state index is 13.4. The zero-order valence-corrected chi connectivity index (χ0v) is 20.2. The lowest BCUT2D eigenvalue weighted by Gasteiger charge is -2.28. The molecule has 2 N–H and O–H groups in total. The van der Waals surface area contributed by atoms with Crippen molar-refractivity contribution in [1.82, 2.24) is 4.90 Å². The van der Waals surface area contributed by atoms with Gasteiger partial charge in [-0.1, -0.05) is 44.9 Å². The first-order valence-corrected chi connectivity index (χ1v) is 12.4. The van der Waals surface area contributed by atoms with E-state index in [9.17, 15) is 13.2 Å². The summed E-state index contributed by atoms with van der Waals surface area (Å²) in [7, 11) is -0.601. The van der Waals surface area contributed by atoms with E-state index in [0.29, 0.717) is 24.6 Å². The van der Waals surface area contributed by atoms with Crippen molar-refractivity contribution >= 4 is 15.9 Å². The summed E-state index contributed by atoms with van der Waals surface area (Å²) in [5.74, 6) is 1.26. The Morgan fingerprint density at radius 3 is 2.09 bits per heavy atom. The normalized spacial score (nSPS) is 12.3. The van der Waals surface area contributed by atoms with Crippen molar-refractivity contribution in [2.24, 2.45) is 11.1 Å². The van der Waals surface area contributed by atoms with E-state index in [4.69, 9.17) is 14.6 Å². The lowest BCUT2D eigenvalue weighted by Crippen LogP contribution is -2.35. The summed E-state index contributed by atoms with van der Waals surface area (Å²) in [5.41, 5.74) is 1.75. The number of primary sulfonamides is 1. The molecule has 2 aromatic carbocycles. The van der Waals surface area contributed by atoms with Crippen molar-refractivity contribution < 1.29 is 22.7 Å². The third-order valence-electron chi connectivity index (χ3n) is 5.51. The minimum Gasteiger partial charge on any atom is -0.493 e. The van der Waals surface area contributed by atoms with Gasteiger partial charge in [-0.15, -0.1) is 0 Å². The van der Waals surface area contributed by atoms with Gasteiger partial charge >= 0.3 is 0 Å². The van der Waals surface area contributed by atoms with Crippen LogP contribution in [-0.2, 0) is 27.9 Å². The molecule has 176 valence electrons. The number of unbranched alkanes of at least 4 members (excludes halogenated alkanes) is 1.